The summed E-state index contributed by atoms with van der Waals surface area (Å²) >= 11 is 0. The van der Waals surface area contributed by atoms with Gasteiger partial charge in [-0.05, 0) is 100 Å². The van der Waals surface area contributed by atoms with Crippen LogP contribution in [0.3, 0.4) is 0 Å². The minimum Gasteiger partial charge on any atom is -0.507 e. The van der Waals surface area contributed by atoms with E-state index >= 15 is 0 Å². The number of aliphatic hydroxyl groups is 2. The lowest BCUT2D eigenvalue weighted by Crippen LogP contribution is -2.63. The predicted octanol–water partition coefficient (Wildman–Crippen LogP) is 5.64. The first kappa shape index (κ1) is 34.0. The van der Waals surface area contributed by atoms with Crippen LogP contribution < -0.4 is 14.8 Å². The zero-order chi connectivity index (χ0) is 35.5. The molecule has 12 heteroatoms. The number of carbonyl (C=O) groups excluding carboxylic acids is 3. The third kappa shape index (κ3) is 5.69. The average molecular weight is 686 g/mol. The molecule has 5 atom stereocenters. The molecule has 0 amide bonds. The zero-order valence-corrected chi connectivity index (χ0v) is 28.9. The third-order valence-corrected chi connectivity index (χ3v) is 10.3. The van der Waals surface area contributed by atoms with Gasteiger partial charge < -0.3 is 34.3 Å². The van der Waals surface area contributed by atoms with Crippen molar-refractivity contribution >= 4 is 23.5 Å². The van der Waals surface area contributed by atoms with Gasteiger partial charge in [0.15, 0.2) is 11.4 Å². The number of rotatable bonds is 7. The molecule has 2 aromatic carbocycles. The quantitative estimate of drug-likeness (QED) is 0.160. The first-order valence-corrected chi connectivity index (χ1v) is 17.2. The Balaban J connectivity index is 1.31. The number of aliphatic hydroxyl groups excluding tert-OH is 1. The molecule has 1 saturated carbocycles. The van der Waals surface area contributed by atoms with Gasteiger partial charge in [0.1, 0.15) is 29.3 Å². The SMILES string of the molecule is CCN[C@@H]1c2onc(OCc3ccccc3)c2C(=O)[C@@]2(O)C(=O)C3=C(O)c4c(cc(C5CCCN5C)cc4OC(=O)OC(C)(C)C)C[C@H]3C[C@@H]12. The maximum Gasteiger partial charge on any atom is 0.514 e. The molecule has 2 fully saturated rings. The van der Waals surface area contributed by atoms with Gasteiger partial charge in [0.2, 0.25) is 11.6 Å². The van der Waals surface area contributed by atoms with Crippen molar-refractivity contribution in [2.24, 2.45) is 11.8 Å². The van der Waals surface area contributed by atoms with E-state index in [-0.39, 0.29) is 53.2 Å². The number of ketones is 2. The van der Waals surface area contributed by atoms with Gasteiger partial charge in [0, 0.05) is 17.5 Å². The summed E-state index contributed by atoms with van der Waals surface area (Å²) in [4.78, 5) is 44.2. The van der Waals surface area contributed by atoms with Crippen LogP contribution in [0.15, 0.2) is 52.6 Å². The number of ether oxygens (including phenoxy) is 3. The van der Waals surface area contributed by atoms with Crippen LogP contribution in [0.2, 0.25) is 0 Å². The van der Waals surface area contributed by atoms with Crippen LogP contribution >= 0.6 is 0 Å². The highest BCUT2D eigenvalue weighted by Gasteiger charge is 2.65. The molecular weight excluding hydrogens is 642 g/mol. The van der Waals surface area contributed by atoms with E-state index in [1.165, 1.54) is 0 Å². The molecule has 4 aliphatic rings. The number of carbonyl (C=O) groups is 3. The highest BCUT2D eigenvalue weighted by Crippen LogP contribution is 2.55. The topological polar surface area (TPSA) is 161 Å². The van der Waals surface area contributed by atoms with Gasteiger partial charge in [-0.15, -0.1) is 0 Å². The van der Waals surface area contributed by atoms with Crippen LogP contribution in [0.4, 0.5) is 4.79 Å². The van der Waals surface area contributed by atoms with Crippen molar-refractivity contribution in [3.63, 3.8) is 0 Å². The molecule has 7 rings (SSSR count). The fourth-order valence-corrected chi connectivity index (χ4v) is 8.14. The lowest BCUT2D eigenvalue weighted by molar-refractivity contribution is -0.140. The van der Waals surface area contributed by atoms with Gasteiger partial charge >= 0.3 is 6.16 Å². The van der Waals surface area contributed by atoms with Crippen molar-refractivity contribution in [2.45, 2.75) is 83.3 Å². The van der Waals surface area contributed by atoms with Crippen molar-refractivity contribution in [3.8, 4) is 11.6 Å². The van der Waals surface area contributed by atoms with Crippen molar-refractivity contribution in [2.75, 3.05) is 20.1 Å². The van der Waals surface area contributed by atoms with Crippen molar-refractivity contribution in [1.82, 2.24) is 15.4 Å². The Hall–Kier alpha value is -4.52. The van der Waals surface area contributed by atoms with E-state index in [1.54, 1.807) is 26.8 Å². The molecule has 3 aliphatic carbocycles. The van der Waals surface area contributed by atoms with E-state index in [0.29, 0.717) is 18.5 Å². The minimum atomic E-state index is -2.55. The number of likely N-dealkylation sites (tertiary alicyclic amines) is 1. The maximum atomic E-state index is 14.6. The number of nitrogens with one attached hydrogen (secondary N) is 1. The van der Waals surface area contributed by atoms with E-state index in [9.17, 15) is 24.6 Å². The molecule has 50 heavy (non-hydrogen) atoms. The summed E-state index contributed by atoms with van der Waals surface area (Å²) in [6, 6.07) is 12.3. The summed E-state index contributed by atoms with van der Waals surface area (Å²) in [6.45, 7) is 8.48. The number of aromatic nitrogens is 1. The summed E-state index contributed by atoms with van der Waals surface area (Å²) in [5.74, 6) is -3.56. The third-order valence-electron chi connectivity index (χ3n) is 10.3. The number of benzene rings is 2. The van der Waals surface area contributed by atoms with Crippen LogP contribution in [0.25, 0.3) is 5.76 Å². The smallest absolute Gasteiger partial charge is 0.507 e. The molecule has 3 N–H and O–H groups in total. The van der Waals surface area contributed by atoms with Crippen LogP contribution in [-0.4, -0.2) is 69.3 Å². The van der Waals surface area contributed by atoms with Crippen LogP contribution in [0.5, 0.6) is 11.6 Å². The normalized spacial score (nSPS) is 26.2. The second-order valence-electron chi connectivity index (χ2n) is 14.7. The largest absolute Gasteiger partial charge is 0.514 e. The standard InChI is InChI=1S/C38H43N3O9/c1-6-39-30-24-17-23-16-22-15-21(25-13-10-14-41(25)5)18-26(48-36(45)49-37(2,3)4)27(22)31(42)28(23)33(43)38(24,46)34(44)29-32(30)50-40-35(29)47-19-20-11-8-7-9-12-20/h7-9,11-12,15,18,23-25,30,39,42,46H,6,10,13-14,16-17,19H2,1-5H3/t23-,24-,25?,30-,38-/m0/s1. The Morgan fingerprint density at radius 2 is 1.90 bits per heavy atom. The van der Waals surface area contributed by atoms with E-state index in [0.717, 1.165) is 30.5 Å². The van der Waals surface area contributed by atoms with Gasteiger partial charge in [-0.25, -0.2) is 4.79 Å². The van der Waals surface area contributed by atoms with E-state index < -0.39 is 52.6 Å². The predicted molar refractivity (Wildman–Crippen MR) is 181 cm³/mol. The van der Waals surface area contributed by atoms with E-state index in [1.807, 2.05) is 50.4 Å². The van der Waals surface area contributed by atoms with Gasteiger partial charge in [-0.2, -0.15) is 0 Å². The van der Waals surface area contributed by atoms with Crippen molar-refractivity contribution in [3.05, 3.63) is 81.6 Å². The first-order chi connectivity index (χ1) is 23.8. The lowest BCUT2D eigenvalue weighted by Gasteiger charge is -2.48. The Labute approximate surface area is 290 Å². The van der Waals surface area contributed by atoms with Gasteiger partial charge in [0.05, 0.1) is 11.6 Å². The lowest BCUT2D eigenvalue weighted by atomic mass is 9.57. The summed E-state index contributed by atoms with van der Waals surface area (Å²) < 4.78 is 22.8. The summed E-state index contributed by atoms with van der Waals surface area (Å²) in [5.41, 5.74) is -0.947. The number of hydrogen-bond donors (Lipinski definition) is 3. The Bertz CT molecular complexity index is 1880. The number of Topliss-reactive ketones (excluding diaryl/α,β-unsaturated/α-hetero) is 2. The summed E-state index contributed by atoms with van der Waals surface area (Å²) in [5, 5.41) is 31.7. The van der Waals surface area contributed by atoms with E-state index in [4.69, 9.17) is 18.7 Å². The molecule has 0 bridgehead atoms. The molecule has 1 saturated heterocycles. The maximum absolute atomic E-state index is 14.6. The monoisotopic (exact) mass is 685 g/mol. The molecule has 3 aromatic rings. The van der Waals surface area contributed by atoms with Gasteiger partial charge in [-0.1, -0.05) is 43.3 Å². The minimum absolute atomic E-state index is 0.0517. The zero-order valence-electron chi connectivity index (χ0n) is 28.9. The van der Waals surface area contributed by atoms with Crippen LogP contribution in [0.1, 0.15) is 97.4 Å². The average Bonchev–Trinajstić information content (AvgIpc) is 3.69. The van der Waals surface area contributed by atoms with Gasteiger partial charge in [-0.3, -0.25) is 14.5 Å². The Kier molecular flexibility index (Phi) is 8.60. The molecule has 1 aliphatic heterocycles. The highest BCUT2D eigenvalue weighted by molar-refractivity contribution is 6.26. The fraction of sp³-hybridized carbons (Fsp3) is 0.474. The molecule has 264 valence electrons. The second-order valence-corrected chi connectivity index (χ2v) is 14.7. The van der Waals surface area contributed by atoms with Crippen LogP contribution in [0, 0.1) is 11.8 Å². The fourth-order valence-electron chi connectivity index (χ4n) is 8.14. The Morgan fingerprint density at radius 3 is 2.58 bits per heavy atom. The van der Waals surface area contributed by atoms with E-state index in [2.05, 4.69) is 15.4 Å². The molecule has 2 heterocycles. The molecular formula is C38H43N3O9. The second kappa shape index (κ2) is 12.7. The van der Waals surface area contributed by atoms with Gasteiger partial charge in [0.25, 0.3) is 5.88 Å². The summed E-state index contributed by atoms with van der Waals surface area (Å²) in [6.07, 6.45) is 1.46. The molecule has 0 radical (unpaired) electrons. The number of fused-ring (bicyclic) bond motifs is 4. The molecule has 12 nitrogen and oxygen atoms in total. The Morgan fingerprint density at radius 1 is 1.14 bits per heavy atom. The number of hydrogen-bond acceptors (Lipinski definition) is 12. The first-order valence-electron chi connectivity index (χ1n) is 17.2. The summed E-state index contributed by atoms with van der Waals surface area (Å²) in [7, 11) is 2.04. The highest BCUT2D eigenvalue weighted by atomic mass is 16.7. The molecule has 0 spiro atoms. The number of nitrogens with zero attached hydrogens (tertiary/aromatic N) is 2. The molecule has 1 aromatic heterocycles. The van der Waals surface area contributed by atoms with Crippen molar-refractivity contribution in [1.29, 1.82) is 0 Å². The van der Waals surface area contributed by atoms with Crippen LogP contribution in [-0.2, 0) is 22.6 Å². The van der Waals surface area contributed by atoms with Crippen molar-refractivity contribution < 1.29 is 43.3 Å². The molecule has 1 unspecified atom stereocenters.